The highest BCUT2D eigenvalue weighted by Crippen LogP contribution is 2.17. The SMILES string of the molecule is COc1ccc(C=C2CCCNC2=O)cc1. The quantitative estimate of drug-likeness (QED) is 0.769. The van der Waals surface area contributed by atoms with Gasteiger partial charge in [-0.15, -0.1) is 0 Å². The summed E-state index contributed by atoms with van der Waals surface area (Å²) in [7, 11) is 1.64. The van der Waals surface area contributed by atoms with Gasteiger partial charge in [-0.1, -0.05) is 12.1 Å². The largest absolute Gasteiger partial charge is 0.497 e. The van der Waals surface area contributed by atoms with Gasteiger partial charge in [0.1, 0.15) is 5.75 Å². The zero-order chi connectivity index (χ0) is 11.4. The molecule has 0 saturated carbocycles. The van der Waals surface area contributed by atoms with E-state index in [0.29, 0.717) is 0 Å². The Morgan fingerprint density at radius 1 is 1.31 bits per heavy atom. The molecule has 1 fully saturated rings. The number of hydrogen-bond donors (Lipinski definition) is 1. The lowest BCUT2D eigenvalue weighted by atomic mass is 10.0. The minimum atomic E-state index is 0.0575. The van der Waals surface area contributed by atoms with Crippen molar-refractivity contribution in [2.45, 2.75) is 12.8 Å². The second-order valence-corrected chi connectivity index (χ2v) is 3.80. The van der Waals surface area contributed by atoms with Crippen LogP contribution >= 0.6 is 0 Å². The molecule has 0 unspecified atom stereocenters. The Hall–Kier alpha value is -1.77. The van der Waals surface area contributed by atoms with Gasteiger partial charge in [-0.05, 0) is 36.6 Å². The van der Waals surface area contributed by atoms with Crippen molar-refractivity contribution in [3.63, 3.8) is 0 Å². The first-order chi connectivity index (χ1) is 7.79. The van der Waals surface area contributed by atoms with Crippen molar-refractivity contribution in [1.82, 2.24) is 5.32 Å². The van der Waals surface area contributed by atoms with Gasteiger partial charge in [0.05, 0.1) is 7.11 Å². The van der Waals surface area contributed by atoms with Crippen LogP contribution in [0.25, 0.3) is 6.08 Å². The molecule has 3 nitrogen and oxygen atoms in total. The molecule has 2 rings (SSSR count). The smallest absolute Gasteiger partial charge is 0.247 e. The van der Waals surface area contributed by atoms with Gasteiger partial charge in [0, 0.05) is 12.1 Å². The number of amides is 1. The molecule has 0 radical (unpaired) electrons. The Morgan fingerprint density at radius 3 is 2.69 bits per heavy atom. The summed E-state index contributed by atoms with van der Waals surface area (Å²) in [4.78, 5) is 11.5. The number of benzene rings is 1. The highest BCUT2D eigenvalue weighted by atomic mass is 16.5. The first kappa shape index (κ1) is 10.7. The molecule has 1 heterocycles. The Morgan fingerprint density at radius 2 is 2.06 bits per heavy atom. The minimum absolute atomic E-state index is 0.0575. The standard InChI is InChI=1S/C13H15NO2/c1-16-12-6-4-10(5-7-12)9-11-3-2-8-14-13(11)15/h4-7,9H,2-3,8H2,1H3,(H,14,15). The van der Waals surface area contributed by atoms with E-state index in [4.69, 9.17) is 4.74 Å². The van der Waals surface area contributed by atoms with Crippen LogP contribution in [0.3, 0.4) is 0 Å². The summed E-state index contributed by atoms with van der Waals surface area (Å²) in [5.74, 6) is 0.886. The highest BCUT2D eigenvalue weighted by molar-refractivity contribution is 5.98. The molecule has 0 aromatic heterocycles. The predicted molar refractivity (Wildman–Crippen MR) is 63.2 cm³/mol. The third-order valence-corrected chi connectivity index (χ3v) is 2.66. The zero-order valence-corrected chi connectivity index (χ0v) is 9.32. The lowest BCUT2D eigenvalue weighted by Crippen LogP contribution is -2.30. The molecule has 1 aliphatic heterocycles. The van der Waals surface area contributed by atoms with E-state index in [9.17, 15) is 4.79 Å². The van der Waals surface area contributed by atoms with Crippen LogP contribution in [0.2, 0.25) is 0 Å². The normalized spacial score (nSPS) is 18.3. The lowest BCUT2D eigenvalue weighted by molar-refractivity contribution is -0.118. The van der Waals surface area contributed by atoms with Crippen molar-refractivity contribution in [3.05, 3.63) is 35.4 Å². The first-order valence-corrected chi connectivity index (χ1v) is 5.42. The average Bonchev–Trinajstić information content (AvgIpc) is 2.33. The van der Waals surface area contributed by atoms with Gasteiger partial charge in [0.2, 0.25) is 5.91 Å². The summed E-state index contributed by atoms with van der Waals surface area (Å²) < 4.78 is 5.08. The Balaban J connectivity index is 2.17. The second kappa shape index (κ2) is 4.84. The molecule has 1 saturated heterocycles. The third-order valence-electron chi connectivity index (χ3n) is 2.66. The van der Waals surface area contributed by atoms with Crippen LogP contribution in [0, 0.1) is 0 Å². The Labute approximate surface area is 95.1 Å². The van der Waals surface area contributed by atoms with Crippen molar-refractivity contribution in [3.8, 4) is 5.75 Å². The monoisotopic (exact) mass is 217 g/mol. The van der Waals surface area contributed by atoms with Crippen molar-refractivity contribution in [2.75, 3.05) is 13.7 Å². The molecule has 84 valence electrons. The number of methoxy groups -OCH3 is 1. The summed E-state index contributed by atoms with van der Waals surface area (Å²) in [5, 5.41) is 2.84. The number of hydrogen-bond acceptors (Lipinski definition) is 2. The number of piperidine rings is 1. The van der Waals surface area contributed by atoms with E-state index in [1.807, 2.05) is 30.3 Å². The summed E-state index contributed by atoms with van der Waals surface area (Å²) in [6.07, 6.45) is 3.82. The van der Waals surface area contributed by atoms with Crippen molar-refractivity contribution < 1.29 is 9.53 Å². The van der Waals surface area contributed by atoms with Crippen LogP contribution in [0.1, 0.15) is 18.4 Å². The molecular formula is C13H15NO2. The summed E-state index contributed by atoms with van der Waals surface area (Å²) in [6.45, 7) is 0.790. The van der Waals surface area contributed by atoms with E-state index in [0.717, 1.165) is 36.3 Å². The van der Waals surface area contributed by atoms with Gasteiger partial charge in [0.25, 0.3) is 0 Å². The van der Waals surface area contributed by atoms with Crippen LogP contribution in [0.15, 0.2) is 29.8 Å². The van der Waals surface area contributed by atoms with Gasteiger partial charge in [-0.25, -0.2) is 0 Å². The third kappa shape index (κ3) is 2.42. The highest BCUT2D eigenvalue weighted by Gasteiger charge is 2.13. The van der Waals surface area contributed by atoms with Gasteiger partial charge in [-0.3, -0.25) is 4.79 Å². The lowest BCUT2D eigenvalue weighted by Gasteiger charge is -2.14. The van der Waals surface area contributed by atoms with Crippen molar-refractivity contribution in [2.24, 2.45) is 0 Å². The number of rotatable bonds is 2. The molecule has 0 atom stereocenters. The maximum absolute atomic E-state index is 11.5. The predicted octanol–water partition coefficient (Wildman–Crippen LogP) is 1.99. The Bertz CT molecular complexity index is 406. The molecule has 0 spiro atoms. The molecule has 1 amide bonds. The van der Waals surface area contributed by atoms with Crippen LogP contribution in [-0.2, 0) is 4.79 Å². The van der Waals surface area contributed by atoms with Crippen LogP contribution < -0.4 is 10.1 Å². The summed E-state index contributed by atoms with van der Waals surface area (Å²) in [6, 6.07) is 7.70. The fourth-order valence-electron chi connectivity index (χ4n) is 1.75. The van der Waals surface area contributed by atoms with E-state index in [1.165, 1.54) is 0 Å². The summed E-state index contributed by atoms with van der Waals surface area (Å²) in [5.41, 5.74) is 1.89. The van der Waals surface area contributed by atoms with Crippen molar-refractivity contribution in [1.29, 1.82) is 0 Å². The first-order valence-electron chi connectivity index (χ1n) is 5.42. The topological polar surface area (TPSA) is 38.3 Å². The van der Waals surface area contributed by atoms with Gasteiger partial charge in [-0.2, -0.15) is 0 Å². The molecule has 1 aliphatic rings. The van der Waals surface area contributed by atoms with E-state index in [2.05, 4.69) is 5.32 Å². The van der Waals surface area contributed by atoms with Gasteiger partial charge in [0.15, 0.2) is 0 Å². The minimum Gasteiger partial charge on any atom is -0.497 e. The molecule has 3 heteroatoms. The van der Waals surface area contributed by atoms with Crippen LogP contribution in [-0.4, -0.2) is 19.6 Å². The summed E-state index contributed by atoms with van der Waals surface area (Å²) >= 11 is 0. The molecule has 1 aromatic rings. The number of carbonyl (C=O) groups is 1. The molecule has 1 aromatic carbocycles. The second-order valence-electron chi connectivity index (χ2n) is 3.80. The molecule has 1 N–H and O–H groups in total. The van der Waals surface area contributed by atoms with Crippen LogP contribution in [0.4, 0.5) is 0 Å². The number of carbonyl (C=O) groups excluding carboxylic acids is 1. The fraction of sp³-hybridized carbons (Fsp3) is 0.308. The fourth-order valence-corrected chi connectivity index (χ4v) is 1.75. The number of ether oxygens (including phenoxy) is 1. The van der Waals surface area contributed by atoms with Gasteiger partial charge < -0.3 is 10.1 Å². The maximum atomic E-state index is 11.5. The van der Waals surface area contributed by atoms with E-state index in [1.54, 1.807) is 7.11 Å². The van der Waals surface area contributed by atoms with E-state index in [-0.39, 0.29) is 5.91 Å². The molecule has 0 bridgehead atoms. The molecule has 16 heavy (non-hydrogen) atoms. The molecule has 0 aliphatic carbocycles. The average molecular weight is 217 g/mol. The van der Waals surface area contributed by atoms with Gasteiger partial charge >= 0.3 is 0 Å². The zero-order valence-electron chi connectivity index (χ0n) is 9.32. The molecular weight excluding hydrogens is 202 g/mol. The number of nitrogens with one attached hydrogen (secondary N) is 1. The Kier molecular flexibility index (Phi) is 3.25. The van der Waals surface area contributed by atoms with Crippen LogP contribution in [0.5, 0.6) is 5.75 Å². The van der Waals surface area contributed by atoms with E-state index >= 15 is 0 Å². The maximum Gasteiger partial charge on any atom is 0.247 e. The van der Waals surface area contributed by atoms with E-state index < -0.39 is 0 Å². The van der Waals surface area contributed by atoms with Crippen molar-refractivity contribution >= 4 is 12.0 Å².